The average Bonchev–Trinajstić information content (AvgIpc) is 3.08. The van der Waals surface area contributed by atoms with Crippen molar-refractivity contribution in [2.45, 2.75) is 89.1 Å². The van der Waals surface area contributed by atoms with Crippen LogP contribution in [0.25, 0.3) is 11.5 Å². The fraction of sp³-hybridized carbons (Fsp3) is 0.560. The van der Waals surface area contributed by atoms with E-state index in [9.17, 15) is 5.26 Å². The summed E-state index contributed by atoms with van der Waals surface area (Å²) in [6.07, 6.45) is 9.05. The topological polar surface area (TPSA) is 63.7 Å². The van der Waals surface area contributed by atoms with E-state index in [0.717, 1.165) is 71.3 Å². The molecule has 0 bridgehead atoms. The Labute approximate surface area is 197 Å². The molecule has 2 aliphatic rings. The van der Waals surface area contributed by atoms with E-state index in [0.29, 0.717) is 0 Å². The highest BCUT2D eigenvalue weighted by molar-refractivity contribution is 7.98. The van der Waals surface area contributed by atoms with Crippen molar-refractivity contribution in [2.75, 3.05) is 6.26 Å². The van der Waals surface area contributed by atoms with Gasteiger partial charge in [-0.1, -0.05) is 26.8 Å². The predicted octanol–water partition coefficient (Wildman–Crippen LogP) is 6.55. The third kappa shape index (κ3) is 3.98. The lowest BCUT2D eigenvalue weighted by molar-refractivity contribution is 0.157. The zero-order valence-corrected chi connectivity index (χ0v) is 22.2. The van der Waals surface area contributed by atoms with Crippen molar-refractivity contribution in [3.8, 4) is 12.0 Å². The van der Waals surface area contributed by atoms with Gasteiger partial charge in [0.25, 0.3) is 0 Å². The number of aromatic nitrogens is 3. The maximum Gasteiger partial charge on any atom is 0.235 e. The van der Waals surface area contributed by atoms with Crippen molar-refractivity contribution in [3.63, 3.8) is 0 Å². The van der Waals surface area contributed by atoms with Gasteiger partial charge < -0.3 is 4.43 Å². The first-order valence-corrected chi connectivity index (χ1v) is 15.7. The van der Waals surface area contributed by atoms with E-state index in [4.69, 9.17) is 14.4 Å². The van der Waals surface area contributed by atoms with Gasteiger partial charge in [0.05, 0.1) is 23.4 Å². The van der Waals surface area contributed by atoms with Crippen LogP contribution in [0.2, 0.25) is 18.1 Å². The molecule has 32 heavy (non-hydrogen) atoms. The van der Waals surface area contributed by atoms with E-state index >= 15 is 0 Å². The lowest BCUT2D eigenvalue weighted by Crippen LogP contribution is -2.42. The van der Waals surface area contributed by atoms with Crippen LogP contribution in [0, 0.1) is 18.3 Å². The van der Waals surface area contributed by atoms with Crippen LogP contribution in [0.1, 0.15) is 74.3 Å². The standard InChI is InChI=1S/C25H34N4OSSi/c1-16-14-19-17(15-26)10-8-12-20(19)29(16)24-27-22-18(23(28-24)31-5)11-9-13-21(22)30-32(6,7)25(2,3)4/h10,14,21H,8-9,11-13H2,1-7H3. The third-order valence-corrected chi connectivity index (χ3v) is 12.5. The van der Waals surface area contributed by atoms with Crippen LogP contribution in [0.3, 0.4) is 0 Å². The van der Waals surface area contributed by atoms with E-state index in [1.807, 2.05) is 6.08 Å². The van der Waals surface area contributed by atoms with Gasteiger partial charge in [-0.15, -0.1) is 11.8 Å². The molecule has 4 rings (SSSR count). The van der Waals surface area contributed by atoms with E-state index in [-0.39, 0.29) is 11.1 Å². The number of allylic oxidation sites excluding steroid dienone is 2. The maximum atomic E-state index is 9.58. The Hall–Kier alpha value is -1.88. The SMILES string of the molecule is CSc1nc(-n2c(C)cc3c2CCC=C3C#N)nc2c1CCCC2O[Si](C)(C)C(C)(C)C. The Balaban J connectivity index is 1.84. The molecule has 0 N–H and O–H groups in total. The Kier molecular flexibility index (Phi) is 6.17. The van der Waals surface area contributed by atoms with Crippen LogP contribution >= 0.6 is 11.8 Å². The van der Waals surface area contributed by atoms with Gasteiger partial charge in [-0.25, -0.2) is 9.97 Å². The van der Waals surface area contributed by atoms with Crippen LogP contribution in [-0.4, -0.2) is 29.1 Å². The smallest absolute Gasteiger partial charge is 0.235 e. The number of hydrogen-bond acceptors (Lipinski definition) is 5. The molecule has 2 heterocycles. The van der Waals surface area contributed by atoms with Crippen LogP contribution < -0.4 is 0 Å². The van der Waals surface area contributed by atoms with Gasteiger partial charge in [-0.2, -0.15) is 5.26 Å². The molecule has 0 spiro atoms. The second-order valence-corrected chi connectivity index (χ2v) is 16.0. The molecular formula is C25H34N4OSSi. The highest BCUT2D eigenvalue weighted by Gasteiger charge is 2.41. The molecule has 7 heteroatoms. The first-order chi connectivity index (χ1) is 15.1. The Morgan fingerprint density at radius 1 is 1.25 bits per heavy atom. The van der Waals surface area contributed by atoms with Gasteiger partial charge in [0, 0.05) is 22.5 Å². The Morgan fingerprint density at radius 3 is 2.66 bits per heavy atom. The number of nitriles is 1. The summed E-state index contributed by atoms with van der Waals surface area (Å²) in [5, 5.41) is 10.8. The summed E-state index contributed by atoms with van der Waals surface area (Å²) < 4.78 is 9.06. The van der Waals surface area contributed by atoms with E-state index in [1.165, 1.54) is 5.56 Å². The highest BCUT2D eigenvalue weighted by atomic mass is 32.2. The molecular weight excluding hydrogens is 432 g/mol. The largest absolute Gasteiger partial charge is 0.408 e. The molecule has 170 valence electrons. The van der Waals surface area contributed by atoms with Crippen LogP contribution in [-0.2, 0) is 17.3 Å². The van der Waals surface area contributed by atoms with E-state index < -0.39 is 8.32 Å². The minimum absolute atomic E-state index is 0.0218. The first kappa shape index (κ1) is 23.3. The Morgan fingerprint density at radius 2 is 2.00 bits per heavy atom. The number of aryl methyl sites for hydroxylation is 1. The zero-order valence-electron chi connectivity index (χ0n) is 20.4. The normalized spacial score (nSPS) is 18.6. The van der Waals surface area contributed by atoms with Crippen molar-refractivity contribution >= 4 is 25.7 Å². The van der Waals surface area contributed by atoms with Crippen LogP contribution in [0.4, 0.5) is 0 Å². The molecule has 0 saturated carbocycles. The molecule has 5 nitrogen and oxygen atoms in total. The van der Waals surface area contributed by atoms with Gasteiger partial charge in [-0.3, -0.25) is 4.57 Å². The fourth-order valence-electron chi connectivity index (χ4n) is 4.50. The first-order valence-electron chi connectivity index (χ1n) is 11.5. The van der Waals surface area contributed by atoms with Gasteiger partial charge in [0.1, 0.15) is 5.03 Å². The molecule has 0 aliphatic heterocycles. The van der Waals surface area contributed by atoms with Crippen LogP contribution in [0.15, 0.2) is 17.2 Å². The second kappa shape index (κ2) is 8.47. The summed E-state index contributed by atoms with van der Waals surface area (Å²) >= 11 is 1.70. The highest BCUT2D eigenvalue weighted by Crippen LogP contribution is 2.44. The summed E-state index contributed by atoms with van der Waals surface area (Å²) in [5.74, 6) is 0.719. The molecule has 0 saturated heterocycles. The monoisotopic (exact) mass is 466 g/mol. The molecule has 0 aromatic carbocycles. The molecule has 1 atom stereocenters. The number of hydrogen-bond donors (Lipinski definition) is 0. The average molecular weight is 467 g/mol. The molecule has 2 aromatic rings. The molecule has 0 fully saturated rings. The lowest BCUT2D eigenvalue weighted by Gasteiger charge is -2.40. The molecule has 2 aliphatic carbocycles. The lowest BCUT2D eigenvalue weighted by atomic mass is 9.95. The summed E-state index contributed by atoms with van der Waals surface area (Å²) in [4.78, 5) is 10.2. The summed E-state index contributed by atoms with van der Waals surface area (Å²) in [6.45, 7) is 13.6. The second-order valence-electron chi connectivity index (χ2n) is 10.4. The van der Waals surface area contributed by atoms with Crippen molar-refractivity contribution in [1.82, 2.24) is 14.5 Å². The van der Waals surface area contributed by atoms with E-state index in [2.05, 4.69) is 63.7 Å². The molecule has 1 unspecified atom stereocenters. The molecule has 2 aromatic heterocycles. The van der Waals surface area contributed by atoms with Gasteiger partial charge in [0.2, 0.25) is 5.95 Å². The predicted molar refractivity (Wildman–Crippen MR) is 134 cm³/mol. The van der Waals surface area contributed by atoms with Gasteiger partial charge in [-0.05, 0) is 69.5 Å². The van der Waals surface area contributed by atoms with Crippen molar-refractivity contribution < 1.29 is 4.43 Å². The third-order valence-electron chi connectivity index (χ3n) is 7.25. The number of rotatable bonds is 4. The minimum atomic E-state index is -1.94. The fourth-order valence-corrected chi connectivity index (χ4v) is 6.42. The number of nitrogens with zero attached hydrogens (tertiary/aromatic N) is 4. The van der Waals surface area contributed by atoms with E-state index in [1.54, 1.807) is 11.8 Å². The maximum absolute atomic E-state index is 9.58. The quantitative estimate of drug-likeness (QED) is 0.290. The summed E-state index contributed by atoms with van der Waals surface area (Å²) in [5.41, 5.74) is 6.33. The molecule has 0 radical (unpaired) electrons. The number of fused-ring (bicyclic) bond motifs is 2. The van der Waals surface area contributed by atoms with Gasteiger partial charge >= 0.3 is 0 Å². The summed E-state index contributed by atoms with van der Waals surface area (Å²) in [6, 6.07) is 4.46. The zero-order chi connectivity index (χ0) is 23.3. The molecule has 0 amide bonds. The van der Waals surface area contributed by atoms with Crippen LogP contribution in [0.5, 0.6) is 0 Å². The summed E-state index contributed by atoms with van der Waals surface area (Å²) in [7, 11) is -1.94. The minimum Gasteiger partial charge on any atom is -0.408 e. The van der Waals surface area contributed by atoms with Crippen molar-refractivity contribution in [2.24, 2.45) is 0 Å². The Bertz CT molecular complexity index is 1120. The van der Waals surface area contributed by atoms with Crippen molar-refractivity contribution in [3.05, 3.63) is 40.4 Å². The van der Waals surface area contributed by atoms with Crippen molar-refractivity contribution in [1.29, 1.82) is 5.26 Å². The number of thioether (sulfide) groups is 1. The van der Waals surface area contributed by atoms with Gasteiger partial charge in [0.15, 0.2) is 8.32 Å².